The molecule has 4 nitrogen and oxygen atoms in total. The van der Waals surface area contributed by atoms with Gasteiger partial charge in [-0.1, -0.05) is 19.1 Å². The van der Waals surface area contributed by atoms with Crippen LogP contribution in [0, 0.1) is 18.8 Å². The summed E-state index contributed by atoms with van der Waals surface area (Å²) in [6, 6.07) is 5.04. The van der Waals surface area contributed by atoms with Gasteiger partial charge in [-0.15, -0.1) is 0 Å². The van der Waals surface area contributed by atoms with E-state index in [4.69, 9.17) is 4.74 Å². The molecule has 0 aromatic heterocycles. The molecule has 1 fully saturated rings. The standard InChI is InChI=1S/C19H27F3N2O2/c1-13-3-4-16(17(9-13)26-12-19(20,21)22)11-24-18(25)10-14(2)15-5-7-23-8-6-15/h3-4,9,14-15,23H,5-8,10-12H2,1-2H3,(H,24,25). The highest BCUT2D eigenvalue weighted by molar-refractivity contribution is 5.76. The van der Waals surface area contributed by atoms with Gasteiger partial charge in [-0.3, -0.25) is 4.79 Å². The topological polar surface area (TPSA) is 50.4 Å². The molecular weight excluding hydrogens is 345 g/mol. The number of piperidine rings is 1. The van der Waals surface area contributed by atoms with Crippen molar-refractivity contribution in [2.45, 2.75) is 45.8 Å². The van der Waals surface area contributed by atoms with Crippen molar-refractivity contribution < 1.29 is 22.7 Å². The van der Waals surface area contributed by atoms with E-state index in [2.05, 4.69) is 17.6 Å². The van der Waals surface area contributed by atoms with Crippen molar-refractivity contribution >= 4 is 5.91 Å². The van der Waals surface area contributed by atoms with Crippen LogP contribution in [0.25, 0.3) is 0 Å². The van der Waals surface area contributed by atoms with Gasteiger partial charge in [0.05, 0.1) is 0 Å². The van der Waals surface area contributed by atoms with Crippen molar-refractivity contribution in [1.29, 1.82) is 0 Å². The molecule has 0 bridgehead atoms. The van der Waals surface area contributed by atoms with E-state index in [1.807, 2.05) is 0 Å². The molecule has 2 rings (SSSR count). The first-order valence-corrected chi connectivity index (χ1v) is 9.01. The normalized spacial score (nSPS) is 17.0. The summed E-state index contributed by atoms with van der Waals surface area (Å²) in [4.78, 5) is 12.2. The maximum Gasteiger partial charge on any atom is 0.422 e. The monoisotopic (exact) mass is 372 g/mol. The summed E-state index contributed by atoms with van der Waals surface area (Å²) < 4.78 is 42.1. The van der Waals surface area contributed by atoms with E-state index < -0.39 is 12.8 Å². The summed E-state index contributed by atoms with van der Waals surface area (Å²) in [5.74, 6) is 0.899. The second kappa shape index (κ2) is 9.26. The summed E-state index contributed by atoms with van der Waals surface area (Å²) in [6.45, 7) is 4.65. The number of alkyl halides is 3. The molecule has 1 unspecified atom stereocenters. The van der Waals surface area contributed by atoms with Crippen LogP contribution in [-0.4, -0.2) is 31.8 Å². The van der Waals surface area contributed by atoms with Gasteiger partial charge in [0.25, 0.3) is 0 Å². The Kier molecular flexibility index (Phi) is 7.32. The number of amides is 1. The van der Waals surface area contributed by atoms with E-state index in [0.29, 0.717) is 17.9 Å². The summed E-state index contributed by atoms with van der Waals surface area (Å²) in [6.07, 6.45) is -1.83. The van der Waals surface area contributed by atoms with Gasteiger partial charge in [0.1, 0.15) is 5.75 Å². The second-order valence-electron chi connectivity index (χ2n) is 7.06. The zero-order valence-corrected chi connectivity index (χ0v) is 15.3. The molecule has 1 saturated heterocycles. The molecule has 1 aromatic rings. The van der Waals surface area contributed by atoms with Crippen molar-refractivity contribution in [1.82, 2.24) is 10.6 Å². The first-order chi connectivity index (χ1) is 12.2. The van der Waals surface area contributed by atoms with Crippen LogP contribution in [0.15, 0.2) is 18.2 Å². The maximum absolute atomic E-state index is 12.4. The molecular formula is C19H27F3N2O2. The predicted molar refractivity (Wildman–Crippen MR) is 94.0 cm³/mol. The van der Waals surface area contributed by atoms with Crippen LogP contribution in [0.3, 0.4) is 0 Å². The third-order valence-electron chi connectivity index (χ3n) is 4.79. The molecule has 1 aromatic carbocycles. The zero-order valence-electron chi connectivity index (χ0n) is 15.3. The van der Waals surface area contributed by atoms with E-state index in [9.17, 15) is 18.0 Å². The van der Waals surface area contributed by atoms with Gasteiger partial charge in [-0.25, -0.2) is 0 Å². The third kappa shape index (κ3) is 6.86. The fourth-order valence-corrected chi connectivity index (χ4v) is 3.24. The van der Waals surface area contributed by atoms with Crippen molar-refractivity contribution in [3.63, 3.8) is 0 Å². The van der Waals surface area contributed by atoms with Crippen LogP contribution in [0.2, 0.25) is 0 Å². The molecule has 0 spiro atoms. The minimum atomic E-state index is -4.39. The Balaban J connectivity index is 1.88. The van der Waals surface area contributed by atoms with Crippen LogP contribution in [0.1, 0.15) is 37.3 Å². The average Bonchev–Trinajstić information content (AvgIpc) is 2.59. The molecule has 0 aliphatic carbocycles. The lowest BCUT2D eigenvalue weighted by Gasteiger charge is -2.27. The van der Waals surface area contributed by atoms with Gasteiger partial charge in [-0.05, 0) is 56.3 Å². The lowest BCUT2D eigenvalue weighted by atomic mass is 9.84. The van der Waals surface area contributed by atoms with E-state index in [-0.39, 0.29) is 24.1 Å². The Labute approximate surface area is 152 Å². The summed E-state index contributed by atoms with van der Waals surface area (Å²) in [5.41, 5.74) is 1.35. The van der Waals surface area contributed by atoms with Crippen LogP contribution < -0.4 is 15.4 Å². The zero-order chi connectivity index (χ0) is 19.2. The van der Waals surface area contributed by atoms with Crippen LogP contribution in [0.4, 0.5) is 13.2 Å². The number of hydrogen-bond donors (Lipinski definition) is 2. The molecule has 2 N–H and O–H groups in total. The lowest BCUT2D eigenvalue weighted by Crippen LogP contribution is -2.33. The van der Waals surface area contributed by atoms with E-state index in [1.54, 1.807) is 25.1 Å². The van der Waals surface area contributed by atoms with E-state index >= 15 is 0 Å². The maximum atomic E-state index is 12.4. The quantitative estimate of drug-likeness (QED) is 0.769. The Bertz CT molecular complexity index is 599. The Morgan fingerprint density at radius 1 is 1.35 bits per heavy atom. The van der Waals surface area contributed by atoms with Crippen molar-refractivity contribution in [2.24, 2.45) is 11.8 Å². The van der Waals surface area contributed by atoms with Gasteiger partial charge in [-0.2, -0.15) is 13.2 Å². The summed E-state index contributed by atoms with van der Waals surface area (Å²) in [5, 5.41) is 6.12. The van der Waals surface area contributed by atoms with Crippen molar-refractivity contribution in [3.8, 4) is 5.75 Å². The highest BCUT2D eigenvalue weighted by Gasteiger charge is 2.29. The second-order valence-corrected chi connectivity index (χ2v) is 7.06. The largest absolute Gasteiger partial charge is 0.484 e. The van der Waals surface area contributed by atoms with Crippen molar-refractivity contribution in [2.75, 3.05) is 19.7 Å². The molecule has 146 valence electrons. The SMILES string of the molecule is Cc1ccc(CNC(=O)CC(C)C2CCNCC2)c(OCC(F)(F)F)c1. The van der Waals surface area contributed by atoms with Crippen LogP contribution in [-0.2, 0) is 11.3 Å². The number of carbonyl (C=O) groups excluding carboxylic acids is 1. The summed E-state index contributed by atoms with van der Waals surface area (Å²) >= 11 is 0. The van der Waals surface area contributed by atoms with Gasteiger partial charge < -0.3 is 15.4 Å². The number of halogens is 3. The van der Waals surface area contributed by atoms with E-state index in [0.717, 1.165) is 31.5 Å². The first-order valence-electron chi connectivity index (χ1n) is 9.01. The molecule has 0 saturated carbocycles. The number of rotatable bonds is 7. The van der Waals surface area contributed by atoms with Gasteiger partial charge in [0.15, 0.2) is 6.61 Å². The van der Waals surface area contributed by atoms with Crippen LogP contribution in [0.5, 0.6) is 5.75 Å². The first kappa shape index (κ1) is 20.6. The minimum absolute atomic E-state index is 0.0848. The predicted octanol–water partition coefficient (Wildman–Crippen LogP) is 3.58. The van der Waals surface area contributed by atoms with Crippen LogP contribution >= 0.6 is 0 Å². The summed E-state index contributed by atoms with van der Waals surface area (Å²) in [7, 11) is 0. The number of benzene rings is 1. The average molecular weight is 372 g/mol. The number of aryl methyl sites for hydroxylation is 1. The molecule has 1 aliphatic rings. The van der Waals surface area contributed by atoms with Crippen molar-refractivity contribution in [3.05, 3.63) is 29.3 Å². The molecule has 1 amide bonds. The highest BCUT2D eigenvalue weighted by atomic mass is 19.4. The van der Waals surface area contributed by atoms with Gasteiger partial charge in [0, 0.05) is 18.5 Å². The number of nitrogens with one attached hydrogen (secondary N) is 2. The van der Waals surface area contributed by atoms with Gasteiger partial charge >= 0.3 is 6.18 Å². The Morgan fingerprint density at radius 2 is 2.04 bits per heavy atom. The number of carbonyl (C=O) groups is 1. The molecule has 7 heteroatoms. The molecule has 1 heterocycles. The molecule has 26 heavy (non-hydrogen) atoms. The Morgan fingerprint density at radius 3 is 2.69 bits per heavy atom. The molecule has 1 atom stereocenters. The Hall–Kier alpha value is -1.76. The third-order valence-corrected chi connectivity index (χ3v) is 4.79. The number of ether oxygens (including phenoxy) is 1. The van der Waals surface area contributed by atoms with Gasteiger partial charge in [0.2, 0.25) is 5.91 Å². The number of hydrogen-bond acceptors (Lipinski definition) is 3. The molecule has 1 aliphatic heterocycles. The smallest absolute Gasteiger partial charge is 0.422 e. The molecule has 0 radical (unpaired) electrons. The highest BCUT2D eigenvalue weighted by Crippen LogP contribution is 2.25. The lowest BCUT2D eigenvalue weighted by molar-refractivity contribution is -0.153. The fraction of sp³-hybridized carbons (Fsp3) is 0.632. The minimum Gasteiger partial charge on any atom is -0.484 e. The fourth-order valence-electron chi connectivity index (χ4n) is 3.24. The van der Waals surface area contributed by atoms with E-state index in [1.165, 1.54) is 0 Å².